The third kappa shape index (κ3) is 3.64. The molecular formula is C16H23NO3S. The maximum absolute atomic E-state index is 12.5. The molecule has 2 unspecified atom stereocenters. The first-order valence-corrected chi connectivity index (χ1v) is 8.51. The van der Waals surface area contributed by atoms with Gasteiger partial charge >= 0.3 is 5.97 Å². The third-order valence-electron chi connectivity index (χ3n) is 4.50. The van der Waals surface area contributed by atoms with E-state index in [-0.39, 0.29) is 17.9 Å². The SMILES string of the molecule is CCC1C[C@H](C(=O)NC(CC)c2cccs2)[C@H](C(=O)O)C1. The fourth-order valence-corrected chi connectivity index (χ4v) is 4.04. The van der Waals surface area contributed by atoms with Crippen molar-refractivity contribution in [2.24, 2.45) is 17.8 Å². The quantitative estimate of drug-likeness (QED) is 0.846. The molecule has 5 heteroatoms. The van der Waals surface area contributed by atoms with Gasteiger partial charge in [-0.1, -0.05) is 26.3 Å². The Labute approximate surface area is 129 Å². The first-order chi connectivity index (χ1) is 10.1. The molecule has 116 valence electrons. The van der Waals surface area contributed by atoms with E-state index in [1.807, 2.05) is 24.4 Å². The molecule has 1 saturated carbocycles. The lowest BCUT2D eigenvalue weighted by Gasteiger charge is -2.20. The molecule has 0 radical (unpaired) electrons. The second kappa shape index (κ2) is 7.07. The summed E-state index contributed by atoms with van der Waals surface area (Å²) >= 11 is 1.62. The van der Waals surface area contributed by atoms with Gasteiger partial charge in [0.25, 0.3) is 0 Å². The average molecular weight is 309 g/mol. The lowest BCUT2D eigenvalue weighted by Crippen LogP contribution is -2.37. The smallest absolute Gasteiger partial charge is 0.307 e. The number of aliphatic carboxylic acids is 1. The molecule has 1 aliphatic rings. The fourth-order valence-electron chi connectivity index (χ4n) is 3.18. The second-order valence-electron chi connectivity index (χ2n) is 5.78. The normalized spacial score (nSPS) is 26.5. The van der Waals surface area contributed by atoms with Gasteiger partial charge in [-0.25, -0.2) is 0 Å². The van der Waals surface area contributed by atoms with Crippen molar-refractivity contribution in [3.8, 4) is 0 Å². The Morgan fingerprint density at radius 3 is 2.62 bits per heavy atom. The van der Waals surface area contributed by atoms with Crippen LogP contribution in [0.1, 0.15) is 50.4 Å². The van der Waals surface area contributed by atoms with Crippen molar-refractivity contribution in [1.82, 2.24) is 5.32 Å². The minimum absolute atomic E-state index is 0.00683. The van der Waals surface area contributed by atoms with E-state index in [0.29, 0.717) is 18.8 Å². The Morgan fingerprint density at radius 2 is 2.10 bits per heavy atom. The molecule has 1 heterocycles. The zero-order valence-electron chi connectivity index (χ0n) is 12.5. The summed E-state index contributed by atoms with van der Waals surface area (Å²) in [6, 6.07) is 3.97. The molecule has 21 heavy (non-hydrogen) atoms. The largest absolute Gasteiger partial charge is 0.481 e. The van der Waals surface area contributed by atoms with Gasteiger partial charge in [0, 0.05) is 4.88 Å². The van der Waals surface area contributed by atoms with Crippen LogP contribution in [-0.4, -0.2) is 17.0 Å². The highest BCUT2D eigenvalue weighted by molar-refractivity contribution is 7.10. The molecular weight excluding hydrogens is 286 g/mol. The summed E-state index contributed by atoms with van der Waals surface area (Å²) in [7, 11) is 0. The van der Waals surface area contributed by atoms with Gasteiger partial charge in [-0.3, -0.25) is 9.59 Å². The third-order valence-corrected chi connectivity index (χ3v) is 5.49. The van der Waals surface area contributed by atoms with E-state index < -0.39 is 11.9 Å². The van der Waals surface area contributed by atoms with Crippen LogP contribution in [0.5, 0.6) is 0 Å². The number of carbonyl (C=O) groups excluding carboxylic acids is 1. The highest BCUT2D eigenvalue weighted by Gasteiger charge is 2.42. The van der Waals surface area contributed by atoms with Crippen LogP contribution < -0.4 is 5.32 Å². The topological polar surface area (TPSA) is 66.4 Å². The van der Waals surface area contributed by atoms with Crippen LogP contribution in [-0.2, 0) is 9.59 Å². The summed E-state index contributed by atoms with van der Waals surface area (Å²) < 4.78 is 0. The number of carboxylic acid groups (broad SMARTS) is 1. The van der Waals surface area contributed by atoms with E-state index in [0.717, 1.165) is 17.7 Å². The summed E-state index contributed by atoms with van der Waals surface area (Å²) in [6.45, 7) is 4.09. The summed E-state index contributed by atoms with van der Waals surface area (Å²) in [5, 5.41) is 14.4. The molecule has 1 aromatic rings. The molecule has 1 aromatic heterocycles. The van der Waals surface area contributed by atoms with Gasteiger partial charge in [-0.2, -0.15) is 0 Å². The standard InChI is InChI=1S/C16H23NO3S/c1-3-10-8-11(12(9-10)16(19)20)15(18)17-13(4-2)14-6-5-7-21-14/h5-7,10-13H,3-4,8-9H2,1-2H3,(H,17,18)(H,19,20)/t10?,11-,12+,13?/m0/s1. The molecule has 4 nitrogen and oxygen atoms in total. The van der Waals surface area contributed by atoms with Gasteiger partial charge in [0.2, 0.25) is 5.91 Å². The van der Waals surface area contributed by atoms with Crippen LogP contribution in [0.3, 0.4) is 0 Å². The zero-order valence-corrected chi connectivity index (χ0v) is 13.4. The first-order valence-electron chi connectivity index (χ1n) is 7.63. The maximum atomic E-state index is 12.5. The number of thiophene rings is 1. The van der Waals surface area contributed by atoms with E-state index in [4.69, 9.17) is 0 Å². The van der Waals surface area contributed by atoms with E-state index in [1.54, 1.807) is 11.3 Å². The van der Waals surface area contributed by atoms with Crippen molar-refractivity contribution in [1.29, 1.82) is 0 Å². The Balaban J connectivity index is 2.06. The van der Waals surface area contributed by atoms with E-state index in [2.05, 4.69) is 12.2 Å². The molecule has 0 bridgehead atoms. The molecule has 0 aliphatic heterocycles. The van der Waals surface area contributed by atoms with Gasteiger partial charge in [0.05, 0.1) is 17.9 Å². The molecule has 0 saturated heterocycles. The lowest BCUT2D eigenvalue weighted by atomic mass is 9.95. The fraction of sp³-hybridized carbons (Fsp3) is 0.625. The van der Waals surface area contributed by atoms with Crippen molar-refractivity contribution in [2.45, 2.75) is 45.6 Å². The van der Waals surface area contributed by atoms with Crippen molar-refractivity contribution < 1.29 is 14.7 Å². The summed E-state index contributed by atoms with van der Waals surface area (Å²) in [4.78, 5) is 25.0. The Bertz CT molecular complexity index is 486. The van der Waals surface area contributed by atoms with E-state index >= 15 is 0 Å². The van der Waals surface area contributed by atoms with Crippen LogP contribution in [0.15, 0.2) is 17.5 Å². The molecule has 4 atom stereocenters. The highest BCUT2D eigenvalue weighted by Crippen LogP contribution is 2.39. The summed E-state index contributed by atoms with van der Waals surface area (Å²) in [5.74, 6) is -1.50. The number of rotatable bonds is 6. The van der Waals surface area contributed by atoms with Crippen LogP contribution in [0.25, 0.3) is 0 Å². The van der Waals surface area contributed by atoms with Crippen LogP contribution in [0.2, 0.25) is 0 Å². The van der Waals surface area contributed by atoms with E-state index in [1.165, 1.54) is 0 Å². The number of hydrogen-bond acceptors (Lipinski definition) is 3. The molecule has 0 spiro atoms. The minimum Gasteiger partial charge on any atom is -0.481 e. The lowest BCUT2D eigenvalue weighted by molar-refractivity contribution is -0.146. The predicted octanol–water partition coefficient (Wildman–Crippen LogP) is 3.45. The number of hydrogen-bond donors (Lipinski definition) is 2. The Hall–Kier alpha value is -1.36. The molecule has 1 aliphatic carbocycles. The van der Waals surface area contributed by atoms with Crippen LogP contribution in [0, 0.1) is 17.8 Å². The van der Waals surface area contributed by atoms with Gasteiger partial charge in [-0.05, 0) is 36.6 Å². The molecule has 1 fully saturated rings. The van der Waals surface area contributed by atoms with Gasteiger partial charge in [0.15, 0.2) is 0 Å². The Kier molecular flexibility index (Phi) is 5.39. The molecule has 2 N–H and O–H groups in total. The molecule has 2 rings (SSSR count). The summed E-state index contributed by atoms with van der Waals surface area (Å²) in [5.41, 5.74) is 0. The monoisotopic (exact) mass is 309 g/mol. The average Bonchev–Trinajstić information content (AvgIpc) is 3.13. The van der Waals surface area contributed by atoms with Gasteiger partial charge < -0.3 is 10.4 Å². The number of amides is 1. The maximum Gasteiger partial charge on any atom is 0.307 e. The van der Waals surface area contributed by atoms with Gasteiger partial charge in [0.1, 0.15) is 0 Å². The van der Waals surface area contributed by atoms with Crippen molar-refractivity contribution in [2.75, 3.05) is 0 Å². The summed E-state index contributed by atoms with van der Waals surface area (Å²) in [6.07, 6.45) is 3.07. The molecule has 0 aromatic carbocycles. The molecule has 1 amide bonds. The number of carbonyl (C=O) groups is 2. The number of carboxylic acids is 1. The minimum atomic E-state index is -0.838. The first kappa shape index (κ1) is 16.0. The second-order valence-corrected chi connectivity index (χ2v) is 6.76. The highest BCUT2D eigenvalue weighted by atomic mass is 32.1. The van der Waals surface area contributed by atoms with Crippen molar-refractivity contribution in [3.63, 3.8) is 0 Å². The zero-order chi connectivity index (χ0) is 15.4. The van der Waals surface area contributed by atoms with Crippen LogP contribution >= 0.6 is 11.3 Å². The van der Waals surface area contributed by atoms with Crippen LogP contribution in [0.4, 0.5) is 0 Å². The van der Waals surface area contributed by atoms with Crippen molar-refractivity contribution in [3.05, 3.63) is 22.4 Å². The predicted molar refractivity (Wildman–Crippen MR) is 83.1 cm³/mol. The van der Waals surface area contributed by atoms with Gasteiger partial charge in [-0.15, -0.1) is 11.3 Å². The number of nitrogens with one attached hydrogen (secondary N) is 1. The van der Waals surface area contributed by atoms with Crippen molar-refractivity contribution >= 4 is 23.2 Å². The Morgan fingerprint density at radius 1 is 1.38 bits per heavy atom. The van der Waals surface area contributed by atoms with E-state index in [9.17, 15) is 14.7 Å².